The Kier molecular flexibility index (Phi) is 7.72. The minimum Gasteiger partial charge on any atom is -0.388 e. The molecule has 2 aliphatic heterocycles. The number of nitrogens with zero attached hydrogens (tertiary/aromatic N) is 1. The van der Waals surface area contributed by atoms with E-state index >= 15 is 0 Å². The molecule has 6 N–H and O–H groups in total. The molecule has 0 saturated carbocycles. The third kappa shape index (κ3) is 4.96. The molecule has 2 fully saturated rings. The van der Waals surface area contributed by atoms with Crippen LogP contribution >= 0.6 is 0 Å². The Labute approximate surface area is 172 Å². The number of aliphatic hydroxyl groups is 6. The fourth-order valence-corrected chi connectivity index (χ4v) is 3.23. The van der Waals surface area contributed by atoms with Crippen LogP contribution in [0, 0.1) is 11.3 Å². The Morgan fingerprint density at radius 2 is 1.60 bits per heavy atom. The number of aliphatic hydroxyl groups excluding tert-OH is 6. The van der Waals surface area contributed by atoms with E-state index in [4.69, 9.17) is 18.9 Å². The van der Waals surface area contributed by atoms with Gasteiger partial charge >= 0.3 is 0 Å². The van der Waals surface area contributed by atoms with Gasteiger partial charge in [-0.15, -0.1) is 0 Å². The van der Waals surface area contributed by atoms with Gasteiger partial charge in [0.1, 0.15) is 42.7 Å². The van der Waals surface area contributed by atoms with Crippen LogP contribution in [0.4, 0.5) is 0 Å². The van der Waals surface area contributed by atoms with Gasteiger partial charge in [-0.2, -0.15) is 5.26 Å². The lowest BCUT2D eigenvalue weighted by Crippen LogP contribution is -2.60. The summed E-state index contributed by atoms with van der Waals surface area (Å²) in [6.07, 6.45) is -14.2. The first kappa shape index (κ1) is 23.0. The Balaban J connectivity index is 1.63. The monoisotopic (exact) mass is 427 g/mol. The van der Waals surface area contributed by atoms with E-state index in [1.54, 1.807) is 30.3 Å². The molecule has 166 valence electrons. The normalized spacial score (nSPS) is 40.5. The molecule has 2 aliphatic rings. The van der Waals surface area contributed by atoms with E-state index in [0.29, 0.717) is 5.56 Å². The minimum atomic E-state index is -1.66. The van der Waals surface area contributed by atoms with E-state index in [-0.39, 0.29) is 6.61 Å². The van der Waals surface area contributed by atoms with Gasteiger partial charge in [-0.1, -0.05) is 30.3 Å². The summed E-state index contributed by atoms with van der Waals surface area (Å²) < 4.78 is 21.5. The van der Waals surface area contributed by atoms with Crippen LogP contribution in [-0.2, 0) is 18.9 Å². The Morgan fingerprint density at radius 1 is 0.933 bits per heavy atom. The number of nitriles is 1. The second kappa shape index (κ2) is 10.1. The summed E-state index contributed by atoms with van der Waals surface area (Å²) in [7, 11) is 0. The van der Waals surface area contributed by atoms with E-state index < -0.39 is 68.0 Å². The van der Waals surface area contributed by atoms with Gasteiger partial charge in [0.05, 0.1) is 19.3 Å². The summed E-state index contributed by atoms with van der Waals surface area (Å²) in [5, 5.41) is 69.0. The van der Waals surface area contributed by atoms with E-state index in [1.807, 2.05) is 6.07 Å². The van der Waals surface area contributed by atoms with E-state index in [2.05, 4.69) is 0 Å². The molecular formula is C19H25NO10. The van der Waals surface area contributed by atoms with Gasteiger partial charge in [-0.3, -0.25) is 0 Å². The molecule has 2 heterocycles. The molecule has 1 aromatic carbocycles. The predicted octanol–water partition coefficient (Wildman–Crippen LogP) is -2.47. The van der Waals surface area contributed by atoms with Crippen molar-refractivity contribution in [3.8, 4) is 6.07 Å². The molecule has 3 rings (SSSR count). The Morgan fingerprint density at radius 3 is 2.27 bits per heavy atom. The van der Waals surface area contributed by atoms with Crippen molar-refractivity contribution in [1.82, 2.24) is 0 Å². The third-order valence-corrected chi connectivity index (χ3v) is 5.04. The van der Waals surface area contributed by atoms with Crippen LogP contribution in [0.1, 0.15) is 11.7 Å². The Bertz CT molecular complexity index is 715. The largest absolute Gasteiger partial charge is 0.388 e. The number of rotatable bonds is 6. The first-order valence-electron chi connectivity index (χ1n) is 9.40. The summed E-state index contributed by atoms with van der Waals surface area (Å²) >= 11 is 0. The number of hydrogen-bond acceptors (Lipinski definition) is 11. The topological polar surface area (TPSA) is 182 Å². The lowest BCUT2D eigenvalue weighted by Gasteiger charge is -2.41. The fourth-order valence-electron chi connectivity index (χ4n) is 3.23. The van der Waals surface area contributed by atoms with Crippen LogP contribution in [-0.4, -0.2) is 99.2 Å². The van der Waals surface area contributed by atoms with Crippen molar-refractivity contribution in [3.05, 3.63) is 35.9 Å². The summed E-state index contributed by atoms with van der Waals surface area (Å²) in [6.45, 7) is -0.678. The first-order chi connectivity index (χ1) is 14.3. The summed E-state index contributed by atoms with van der Waals surface area (Å²) in [5.74, 6) is 0. The lowest BCUT2D eigenvalue weighted by molar-refractivity contribution is -0.325. The minimum absolute atomic E-state index is 0.273. The van der Waals surface area contributed by atoms with Crippen molar-refractivity contribution in [2.75, 3.05) is 13.2 Å². The summed E-state index contributed by atoms with van der Waals surface area (Å²) in [4.78, 5) is 0. The van der Waals surface area contributed by atoms with Crippen LogP contribution in [0.25, 0.3) is 0 Å². The maximum absolute atomic E-state index is 10.2. The SMILES string of the molecule is N#C[C@H](O[C@@H]1O[C@H](CO[C@@H]2OC[C@@H](O)[C@@H](O)[C@H]2O)[C@@H](O)[C@@H](O)[C@H]1O)c1ccccc1. The first-order valence-corrected chi connectivity index (χ1v) is 9.40. The van der Waals surface area contributed by atoms with Crippen molar-refractivity contribution in [2.45, 2.75) is 61.4 Å². The number of ether oxygens (including phenoxy) is 4. The zero-order chi connectivity index (χ0) is 21.8. The van der Waals surface area contributed by atoms with E-state index in [1.165, 1.54) is 0 Å². The van der Waals surface area contributed by atoms with Crippen molar-refractivity contribution in [3.63, 3.8) is 0 Å². The molecule has 0 unspecified atom stereocenters. The number of benzene rings is 1. The average molecular weight is 427 g/mol. The highest BCUT2D eigenvalue weighted by atomic mass is 16.7. The van der Waals surface area contributed by atoms with E-state index in [9.17, 15) is 35.9 Å². The molecule has 0 amide bonds. The molecule has 2 saturated heterocycles. The van der Waals surface area contributed by atoms with Gasteiger partial charge in [-0.05, 0) is 5.56 Å². The molecular weight excluding hydrogens is 402 g/mol. The van der Waals surface area contributed by atoms with Crippen LogP contribution < -0.4 is 0 Å². The van der Waals surface area contributed by atoms with Gasteiger partial charge in [0.25, 0.3) is 0 Å². The lowest BCUT2D eigenvalue weighted by atomic mass is 9.99. The smallest absolute Gasteiger partial charge is 0.188 e. The maximum atomic E-state index is 10.2. The highest BCUT2D eigenvalue weighted by Gasteiger charge is 2.46. The molecule has 0 bridgehead atoms. The zero-order valence-corrected chi connectivity index (χ0v) is 15.8. The van der Waals surface area contributed by atoms with Crippen molar-refractivity contribution >= 4 is 0 Å². The van der Waals surface area contributed by atoms with Crippen LogP contribution in [0.15, 0.2) is 30.3 Å². The predicted molar refractivity (Wildman–Crippen MR) is 96.3 cm³/mol. The quantitative estimate of drug-likeness (QED) is 0.283. The van der Waals surface area contributed by atoms with Crippen molar-refractivity contribution in [1.29, 1.82) is 5.26 Å². The molecule has 11 nitrogen and oxygen atoms in total. The highest BCUT2D eigenvalue weighted by molar-refractivity contribution is 5.22. The molecule has 0 spiro atoms. The van der Waals surface area contributed by atoms with Gasteiger partial charge in [-0.25, -0.2) is 0 Å². The van der Waals surface area contributed by atoms with Gasteiger partial charge < -0.3 is 49.6 Å². The summed E-state index contributed by atoms with van der Waals surface area (Å²) in [6, 6.07) is 10.4. The van der Waals surface area contributed by atoms with Crippen molar-refractivity contribution < 1.29 is 49.6 Å². The second-order valence-corrected chi connectivity index (χ2v) is 7.15. The molecule has 30 heavy (non-hydrogen) atoms. The standard InChI is InChI=1S/C19H25NO10/c20-6-11(9-4-2-1-3-5-9)29-19-17(26)15(24)14(23)12(30-19)8-28-18-16(25)13(22)10(21)7-27-18/h1-5,10-19,21-26H,7-8H2/t10-,11+,12-,13-,14-,15-,16-,17-,18+,19-/m1/s1. The Hall–Kier alpha value is -1.69. The van der Waals surface area contributed by atoms with Crippen molar-refractivity contribution in [2.24, 2.45) is 0 Å². The fraction of sp³-hybridized carbons (Fsp3) is 0.632. The molecule has 11 heteroatoms. The second-order valence-electron chi connectivity index (χ2n) is 7.15. The van der Waals surface area contributed by atoms with Gasteiger partial charge in [0.2, 0.25) is 0 Å². The van der Waals surface area contributed by atoms with Gasteiger partial charge in [0, 0.05) is 0 Å². The molecule has 0 radical (unpaired) electrons. The van der Waals surface area contributed by atoms with Gasteiger partial charge in [0.15, 0.2) is 18.7 Å². The molecule has 10 atom stereocenters. The average Bonchev–Trinajstić information content (AvgIpc) is 2.76. The summed E-state index contributed by atoms with van der Waals surface area (Å²) in [5.41, 5.74) is 0.510. The van der Waals surface area contributed by atoms with Crippen LogP contribution in [0.2, 0.25) is 0 Å². The zero-order valence-electron chi connectivity index (χ0n) is 15.8. The molecule has 0 aromatic heterocycles. The van der Waals surface area contributed by atoms with Crippen LogP contribution in [0.5, 0.6) is 0 Å². The molecule has 0 aliphatic carbocycles. The number of hydrogen-bond donors (Lipinski definition) is 6. The van der Waals surface area contributed by atoms with Crippen LogP contribution in [0.3, 0.4) is 0 Å². The third-order valence-electron chi connectivity index (χ3n) is 5.04. The van der Waals surface area contributed by atoms with E-state index in [0.717, 1.165) is 0 Å². The highest BCUT2D eigenvalue weighted by Crippen LogP contribution is 2.28. The molecule has 1 aromatic rings. The maximum Gasteiger partial charge on any atom is 0.188 e.